The Morgan fingerprint density at radius 3 is 2.36 bits per heavy atom. The molecule has 7 nitrogen and oxygen atoms in total. The van der Waals surface area contributed by atoms with Gasteiger partial charge in [0, 0.05) is 64.0 Å². The molecular formula is C21H32N4O3. The van der Waals surface area contributed by atoms with Crippen molar-refractivity contribution >= 4 is 17.5 Å². The lowest BCUT2D eigenvalue weighted by Gasteiger charge is -2.38. The molecule has 0 radical (unpaired) electrons. The Kier molecular flexibility index (Phi) is 6.69. The van der Waals surface area contributed by atoms with E-state index in [9.17, 15) is 14.7 Å². The van der Waals surface area contributed by atoms with Crippen LogP contribution in [0, 0.1) is 0 Å². The summed E-state index contributed by atoms with van der Waals surface area (Å²) in [7, 11) is 2.13. The number of likely N-dealkylation sites (N-methyl/N-ethyl adjacent to an activating group) is 1. The molecule has 0 aromatic heterocycles. The number of amides is 2. The van der Waals surface area contributed by atoms with Gasteiger partial charge in [-0.15, -0.1) is 0 Å². The molecule has 28 heavy (non-hydrogen) atoms. The molecule has 0 aliphatic carbocycles. The van der Waals surface area contributed by atoms with Crippen molar-refractivity contribution in [2.45, 2.75) is 31.8 Å². The highest BCUT2D eigenvalue weighted by Crippen LogP contribution is 2.25. The lowest BCUT2D eigenvalue weighted by Crippen LogP contribution is -2.51. The fourth-order valence-electron chi connectivity index (χ4n) is 4.04. The molecule has 2 aliphatic heterocycles. The van der Waals surface area contributed by atoms with Gasteiger partial charge in [-0.1, -0.05) is 0 Å². The molecule has 0 unspecified atom stereocenters. The molecule has 7 heteroatoms. The number of nitrogens with one attached hydrogen (secondary N) is 1. The number of nitrogens with zero attached hydrogens (tertiary/aromatic N) is 3. The van der Waals surface area contributed by atoms with E-state index in [1.807, 2.05) is 4.90 Å². The van der Waals surface area contributed by atoms with Crippen LogP contribution >= 0.6 is 0 Å². The molecule has 2 N–H and O–H groups in total. The zero-order valence-corrected chi connectivity index (χ0v) is 17.0. The van der Waals surface area contributed by atoms with Crippen LogP contribution in [0.4, 0.5) is 5.69 Å². The maximum Gasteiger partial charge on any atom is 0.253 e. The number of piperazine rings is 1. The summed E-state index contributed by atoms with van der Waals surface area (Å²) in [5, 5.41) is 13.8. The summed E-state index contributed by atoms with van der Waals surface area (Å²) in [4.78, 5) is 30.5. The van der Waals surface area contributed by atoms with Crippen LogP contribution in [0.25, 0.3) is 0 Å². The standard InChI is InChI=1S/C21H32N4O3/c1-17(26)22-19-6-4-18(5-7-19)20(27)25-10-3-8-21(28,9-11-25)16-24-14-12-23(2)13-15-24/h4-7,28H,3,8-16H2,1-2H3,(H,22,26)/t21-/m0/s1. The van der Waals surface area contributed by atoms with Gasteiger partial charge >= 0.3 is 0 Å². The Labute approximate surface area is 167 Å². The fraction of sp³-hybridized carbons (Fsp3) is 0.619. The molecule has 154 valence electrons. The number of likely N-dealkylation sites (tertiary alicyclic amines) is 1. The van der Waals surface area contributed by atoms with Gasteiger partial charge in [-0.2, -0.15) is 0 Å². The molecule has 2 aliphatic rings. The largest absolute Gasteiger partial charge is 0.388 e. The summed E-state index contributed by atoms with van der Waals surface area (Å²) in [6.45, 7) is 7.43. The van der Waals surface area contributed by atoms with Gasteiger partial charge in [0.1, 0.15) is 0 Å². The van der Waals surface area contributed by atoms with E-state index in [0.29, 0.717) is 37.3 Å². The second kappa shape index (κ2) is 9.03. The summed E-state index contributed by atoms with van der Waals surface area (Å²) >= 11 is 0. The van der Waals surface area contributed by atoms with Gasteiger partial charge in [-0.25, -0.2) is 0 Å². The molecule has 0 saturated carbocycles. The van der Waals surface area contributed by atoms with E-state index in [0.717, 1.165) is 39.0 Å². The number of benzene rings is 1. The normalized spacial score (nSPS) is 24.6. The molecule has 1 aromatic rings. The Balaban J connectivity index is 1.56. The minimum absolute atomic E-state index is 0.0155. The quantitative estimate of drug-likeness (QED) is 0.812. The number of hydrogen-bond acceptors (Lipinski definition) is 5. The van der Waals surface area contributed by atoms with Crippen LogP contribution in [0.3, 0.4) is 0 Å². The highest BCUT2D eigenvalue weighted by atomic mass is 16.3. The van der Waals surface area contributed by atoms with Crippen molar-refractivity contribution in [1.82, 2.24) is 14.7 Å². The van der Waals surface area contributed by atoms with Crippen LogP contribution in [0.2, 0.25) is 0 Å². The SMILES string of the molecule is CC(=O)Nc1ccc(C(=O)N2CCC[C@@](O)(CN3CCN(C)CC3)CC2)cc1. The van der Waals surface area contributed by atoms with Crippen molar-refractivity contribution in [2.24, 2.45) is 0 Å². The van der Waals surface area contributed by atoms with Gasteiger partial charge in [0.05, 0.1) is 5.60 Å². The van der Waals surface area contributed by atoms with E-state index in [1.165, 1.54) is 6.92 Å². The van der Waals surface area contributed by atoms with E-state index in [4.69, 9.17) is 0 Å². The minimum Gasteiger partial charge on any atom is -0.388 e. The Bertz CT molecular complexity index is 685. The molecular weight excluding hydrogens is 356 g/mol. The molecule has 2 amide bonds. The lowest BCUT2D eigenvalue weighted by atomic mass is 9.94. The number of rotatable bonds is 4. The molecule has 0 bridgehead atoms. The lowest BCUT2D eigenvalue weighted by molar-refractivity contribution is -0.114. The van der Waals surface area contributed by atoms with Crippen molar-refractivity contribution in [3.8, 4) is 0 Å². The van der Waals surface area contributed by atoms with Gasteiger partial charge in [0.25, 0.3) is 5.91 Å². The molecule has 1 atom stereocenters. The van der Waals surface area contributed by atoms with Crippen LogP contribution in [-0.4, -0.2) is 90.1 Å². The Morgan fingerprint density at radius 1 is 1.04 bits per heavy atom. The van der Waals surface area contributed by atoms with E-state index in [1.54, 1.807) is 24.3 Å². The summed E-state index contributed by atoms with van der Waals surface area (Å²) in [5.41, 5.74) is 0.570. The predicted molar refractivity (Wildman–Crippen MR) is 109 cm³/mol. The maximum atomic E-state index is 12.9. The zero-order valence-electron chi connectivity index (χ0n) is 17.0. The Morgan fingerprint density at radius 2 is 1.71 bits per heavy atom. The van der Waals surface area contributed by atoms with Gasteiger partial charge in [0.2, 0.25) is 5.91 Å². The third-order valence-electron chi connectivity index (χ3n) is 5.77. The summed E-state index contributed by atoms with van der Waals surface area (Å²) in [6, 6.07) is 6.98. The molecule has 2 heterocycles. The second-order valence-corrected chi connectivity index (χ2v) is 8.21. The highest BCUT2D eigenvalue weighted by molar-refractivity contribution is 5.95. The van der Waals surface area contributed by atoms with Crippen LogP contribution in [0.1, 0.15) is 36.5 Å². The van der Waals surface area contributed by atoms with Gasteiger partial charge in [-0.3, -0.25) is 14.5 Å². The van der Waals surface area contributed by atoms with Crippen LogP contribution in [-0.2, 0) is 4.79 Å². The zero-order chi connectivity index (χ0) is 20.1. The number of anilines is 1. The van der Waals surface area contributed by atoms with Gasteiger partial charge < -0.3 is 20.2 Å². The molecule has 3 rings (SSSR count). The first kappa shape index (κ1) is 20.8. The number of β-amino-alcohol motifs (C(OH)–C–C–N with tert-alkyl or cyclic N) is 1. The minimum atomic E-state index is -0.722. The van der Waals surface area contributed by atoms with Crippen molar-refractivity contribution in [2.75, 3.05) is 58.2 Å². The fourth-order valence-corrected chi connectivity index (χ4v) is 4.04. The van der Waals surface area contributed by atoms with E-state index < -0.39 is 5.60 Å². The smallest absolute Gasteiger partial charge is 0.253 e. The first-order valence-corrected chi connectivity index (χ1v) is 10.1. The van der Waals surface area contributed by atoms with Crippen molar-refractivity contribution < 1.29 is 14.7 Å². The van der Waals surface area contributed by atoms with E-state index >= 15 is 0 Å². The van der Waals surface area contributed by atoms with Crippen molar-refractivity contribution in [3.63, 3.8) is 0 Å². The number of carbonyl (C=O) groups excluding carboxylic acids is 2. The topological polar surface area (TPSA) is 76.1 Å². The van der Waals surface area contributed by atoms with E-state index in [2.05, 4.69) is 22.2 Å². The third kappa shape index (κ3) is 5.53. The summed E-state index contributed by atoms with van der Waals surface area (Å²) in [6.07, 6.45) is 2.14. The summed E-state index contributed by atoms with van der Waals surface area (Å²) < 4.78 is 0. The van der Waals surface area contributed by atoms with Crippen LogP contribution in [0.5, 0.6) is 0 Å². The van der Waals surface area contributed by atoms with Gasteiger partial charge in [0.15, 0.2) is 0 Å². The first-order valence-electron chi connectivity index (χ1n) is 10.1. The second-order valence-electron chi connectivity index (χ2n) is 8.21. The number of hydrogen-bond donors (Lipinski definition) is 2. The summed E-state index contributed by atoms with van der Waals surface area (Å²) in [5.74, 6) is -0.149. The van der Waals surface area contributed by atoms with Crippen molar-refractivity contribution in [3.05, 3.63) is 29.8 Å². The van der Waals surface area contributed by atoms with E-state index in [-0.39, 0.29) is 11.8 Å². The third-order valence-corrected chi connectivity index (χ3v) is 5.77. The maximum absolute atomic E-state index is 12.9. The number of carbonyl (C=O) groups is 2. The number of aliphatic hydroxyl groups is 1. The monoisotopic (exact) mass is 388 g/mol. The molecule has 2 saturated heterocycles. The highest BCUT2D eigenvalue weighted by Gasteiger charge is 2.34. The Hall–Kier alpha value is -1.96. The van der Waals surface area contributed by atoms with Crippen LogP contribution in [0.15, 0.2) is 24.3 Å². The first-order chi connectivity index (χ1) is 13.3. The van der Waals surface area contributed by atoms with Crippen molar-refractivity contribution in [1.29, 1.82) is 0 Å². The molecule has 1 aromatic carbocycles. The van der Waals surface area contributed by atoms with Gasteiger partial charge in [-0.05, 0) is 50.6 Å². The predicted octanol–water partition coefficient (Wildman–Crippen LogP) is 1.25. The molecule has 2 fully saturated rings. The van der Waals surface area contributed by atoms with Crippen LogP contribution < -0.4 is 5.32 Å². The molecule has 0 spiro atoms. The average Bonchev–Trinajstić information content (AvgIpc) is 2.85. The average molecular weight is 389 g/mol.